The second kappa shape index (κ2) is 7.21. The largest absolute Gasteiger partial charge is 0.322 e. The summed E-state index contributed by atoms with van der Waals surface area (Å²) in [7, 11) is -3.50. The van der Waals surface area contributed by atoms with E-state index in [0.29, 0.717) is 17.8 Å². The Morgan fingerprint density at radius 3 is 2.18 bits per heavy atom. The van der Waals surface area contributed by atoms with Crippen LogP contribution in [0, 0.1) is 3.57 Å². The summed E-state index contributed by atoms with van der Waals surface area (Å²) in [5.41, 5.74) is 1.09. The highest BCUT2D eigenvalue weighted by molar-refractivity contribution is 14.1. The number of carbonyl (C=O) groups excluding carboxylic acids is 1. The molecular formula is C15H15IN2O3S. The van der Waals surface area contributed by atoms with Gasteiger partial charge >= 0.3 is 0 Å². The third-order valence-electron chi connectivity index (χ3n) is 2.86. The van der Waals surface area contributed by atoms with Crippen molar-refractivity contribution < 1.29 is 13.2 Å². The van der Waals surface area contributed by atoms with Crippen molar-refractivity contribution >= 4 is 44.2 Å². The van der Waals surface area contributed by atoms with Crippen molar-refractivity contribution in [1.82, 2.24) is 4.72 Å². The maximum Gasteiger partial charge on any atom is 0.255 e. The minimum absolute atomic E-state index is 0.139. The van der Waals surface area contributed by atoms with Crippen molar-refractivity contribution in [2.75, 3.05) is 11.9 Å². The fourth-order valence-electron chi connectivity index (χ4n) is 1.80. The number of hydrogen-bond acceptors (Lipinski definition) is 3. The smallest absolute Gasteiger partial charge is 0.255 e. The Kier molecular flexibility index (Phi) is 5.54. The van der Waals surface area contributed by atoms with Crippen molar-refractivity contribution in [1.29, 1.82) is 0 Å². The molecule has 116 valence electrons. The monoisotopic (exact) mass is 430 g/mol. The second-order valence-corrected chi connectivity index (χ2v) is 7.50. The minimum atomic E-state index is -3.50. The van der Waals surface area contributed by atoms with Gasteiger partial charge in [-0.2, -0.15) is 0 Å². The number of sulfonamides is 1. The molecule has 0 aliphatic carbocycles. The lowest BCUT2D eigenvalue weighted by molar-refractivity contribution is 0.102. The van der Waals surface area contributed by atoms with E-state index in [2.05, 4.69) is 32.6 Å². The van der Waals surface area contributed by atoms with Crippen LogP contribution in [-0.2, 0) is 10.0 Å². The molecule has 0 unspecified atom stereocenters. The van der Waals surface area contributed by atoms with Crippen LogP contribution >= 0.6 is 22.6 Å². The van der Waals surface area contributed by atoms with E-state index in [-0.39, 0.29) is 10.8 Å². The normalized spacial score (nSPS) is 11.2. The van der Waals surface area contributed by atoms with E-state index in [1.807, 2.05) is 24.3 Å². The lowest BCUT2D eigenvalue weighted by Gasteiger charge is -2.07. The van der Waals surface area contributed by atoms with Gasteiger partial charge < -0.3 is 5.32 Å². The fraction of sp³-hybridized carbons (Fsp3) is 0.133. The third kappa shape index (κ3) is 4.28. The summed E-state index contributed by atoms with van der Waals surface area (Å²) in [4.78, 5) is 12.2. The van der Waals surface area contributed by atoms with Crippen LogP contribution in [0.5, 0.6) is 0 Å². The van der Waals surface area contributed by atoms with Gasteiger partial charge in [0.15, 0.2) is 0 Å². The van der Waals surface area contributed by atoms with Gasteiger partial charge in [0.2, 0.25) is 10.0 Å². The summed E-state index contributed by atoms with van der Waals surface area (Å²) in [6.07, 6.45) is 0. The van der Waals surface area contributed by atoms with Crippen molar-refractivity contribution in [2.24, 2.45) is 0 Å². The van der Waals surface area contributed by atoms with E-state index in [1.165, 1.54) is 24.3 Å². The van der Waals surface area contributed by atoms with E-state index in [9.17, 15) is 13.2 Å². The first kappa shape index (κ1) is 16.9. The van der Waals surface area contributed by atoms with Crippen molar-refractivity contribution in [2.45, 2.75) is 11.8 Å². The molecule has 2 N–H and O–H groups in total. The highest BCUT2D eigenvalue weighted by Crippen LogP contribution is 2.14. The quantitative estimate of drug-likeness (QED) is 0.717. The molecule has 0 saturated carbocycles. The van der Waals surface area contributed by atoms with Crippen molar-refractivity contribution in [3.63, 3.8) is 0 Å². The van der Waals surface area contributed by atoms with Crippen LogP contribution in [0.2, 0.25) is 0 Å². The molecular weight excluding hydrogens is 415 g/mol. The number of hydrogen-bond donors (Lipinski definition) is 2. The highest BCUT2D eigenvalue weighted by atomic mass is 127. The Bertz CT molecular complexity index is 756. The van der Waals surface area contributed by atoms with Gasteiger partial charge in [0, 0.05) is 21.4 Å². The maximum atomic E-state index is 12.1. The van der Waals surface area contributed by atoms with Crippen molar-refractivity contribution in [3.8, 4) is 0 Å². The molecule has 0 aliphatic heterocycles. The molecule has 0 aliphatic rings. The number of nitrogens with one attached hydrogen (secondary N) is 2. The first-order valence-electron chi connectivity index (χ1n) is 6.59. The van der Waals surface area contributed by atoms with E-state index >= 15 is 0 Å². The summed E-state index contributed by atoms with van der Waals surface area (Å²) >= 11 is 2.18. The number of carbonyl (C=O) groups is 1. The van der Waals surface area contributed by atoms with E-state index < -0.39 is 10.0 Å². The molecule has 0 bridgehead atoms. The average molecular weight is 430 g/mol. The van der Waals surface area contributed by atoms with Crippen LogP contribution < -0.4 is 10.0 Å². The first-order chi connectivity index (χ1) is 10.4. The Balaban J connectivity index is 2.13. The Labute approximate surface area is 143 Å². The van der Waals surface area contributed by atoms with Gasteiger partial charge in [-0.25, -0.2) is 13.1 Å². The van der Waals surface area contributed by atoms with Crippen LogP contribution in [0.4, 0.5) is 5.69 Å². The zero-order valence-corrected chi connectivity index (χ0v) is 14.8. The summed E-state index contributed by atoms with van der Waals surface area (Å²) in [5, 5.41) is 2.76. The van der Waals surface area contributed by atoms with Crippen LogP contribution in [-0.4, -0.2) is 20.9 Å². The third-order valence-corrected chi connectivity index (χ3v) is 5.14. The highest BCUT2D eigenvalue weighted by Gasteiger charge is 2.13. The zero-order chi connectivity index (χ0) is 16.2. The van der Waals surface area contributed by atoms with Crippen LogP contribution in [0.25, 0.3) is 0 Å². The lowest BCUT2D eigenvalue weighted by Crippen LogP contribution is -2.23. The molecule has 0 spiro atoms. The maximum absolute atomic E-state index is 12.1. The van der Waals surface area contributed by atoms with Gasteiger partial charge in [0.05, 0.1) is 4.90 Å². The van der Waals surface area contributed by atoms with Crippen LogP contribution in [0.15, 0.2) is 53.4 Å². The molecule has 0 fully saturated rings. The first-order valence-corrected chi connectivity index (χ1v) is 9.15. The van der Waals surface area contributed by atoms with Crippen LogP contribution in [0.3, 0.4) is 0 Å². The van der Waals surface area contributed by atoms with E-state index in [0.717, 1.165) is 3.57 Å². The van der Waals surface area contributed by atoms with Gasteiger partial charge in [-0.3, -0.25) is 4.79 Å². The molecule has 0 saturated heterocycles. The van der Waals surface area contributed by atoms with Crippen molar-refractivity contribution in [3.05, 3.63) is 57.7 Å². The Morgan fingerprint density at radius 2 is 1.64 bits per heavy atom. The molecule has 0 heterocycles. The molecule has 7 heteroatoms. The average Bonchev–Trinajstić information content (AvgIpc) is 2.49. The molecule has 22 heavy (non-hydrogen) atoms. The van der Waals surface area contributed by atoms with E-state index in [4.69, 9.17) is 0 Å². The topological polar surface area (TPSA) is 75.3 Å². The fourth-order valence-corrected chi connectivity index (χ4v) is 3.20. The van der Waals surface area contributed by atoms with Gasteiger partial charge in [0.25, 0.3) is 5.91 Å². The number of anilines is 1. The van der Waals surface area contributed by atoms with Crippen LogP contribution in [0.1, 0.15) is 17.3 Å². The standard InChI is InChI=1S/C15H15IN2O3S/c1-2-17-22(20,21)14-9-3-11(4-10-14)15(19)18-13-7-5-12(16)6-8-13/h3-10,17H,2H2,1H3,(H,18,19). The number of halogens is 1. The zero-order valence-electron chi connectivity index (χ0n) is 11.8. The molecule has 0 atom stereocenters. The summed E-state index contributed by atoms with van der Waals surface area (Å²) in [6, 6.07) is 13.2. The predicted octanol–water partition coefficient (Wildman–Crippen LogP) is 2.84. The summed E-state index contributed by atoms with van der Waals surface area (Å²) < 4.78 is 27.1. The molecule has 1 amide bonds. The van der Waals surface area contributed by atoms with E-state index in [1.54, 1.807) is 6.92 Å². The molecule has 0 radical (unpaired) electrons. The lowest BCUT2D eigenvalue weighted by atomic mass is 10.2. The Hall–Kier alpha value is -1.45. The SMILES string of the molecule is CCNS(=O)(=O)c1ccc(C(=O)Nc2ccc(I)cc2)cc1. The minimum Gasteiger partial charge on any atom is -0.322 e. The Morgan fingerprint density at radius 1 is 1.05 bits per heavy atom. The van der Waals surface area contributed by atoms with Gasteiger partial charge in [-0.1, -0.05) is 6.92 Å². The summed E-state index contributed by atoms with van der Waals surface area (Å²) in [5.74, 6) is -0.284. The summed E-state index contributed by atoms with van der Waals surface area (Å²) in [6.45, 7) is 2.03. The number of benzene rings is 2. The number of rotatable bonds is 5. The molecule has 2 rings (SSSR count). The van der Waals surface area contributed by atoms with Gasteiger partial charge in [-0.15, -0.1) is 0 Å². The molecule has 2 aromatic rings. The number of amides is 1. The molecule has 0 aromatic heterocycles. The second-order valence-electron chi connectivity index (χ2n) is 4.49. The molecule has 5 nitrogen and oxygen atoms in total. The predicted molar refractivity (Wildman–Crippen MR) is 94.4 cm³/mol. The van der Waals surface area contributed by atoms with Gasteiger partial charge in [-0.05, 0) is 71.1 Å². The molecule has 2 aromatic carbocycles. The van der Waals surface area contributed by atoms with Gasteiger partial charge in [0.1, 0.15) is 0 Å².